The summed E-state index contributed by atoms with van der Waals surface area (Å²) < 4.78 is 7.42. The number of nitrogens with zero attached hydrogens (tertiary/aromatic N) is 5. The molecule has 0 spiro atoms. The van der Waals surface area contributed by atoms with Crippen LogP contribution in [0.5, 0.6) is 0 Å². The van der Waals surface area contributed by atoms with Crippen molar-refractivity contribution >= 4 is 12.2 Å². The summed E-state index contributed by atoms with van der Waals surface area (Å²) in [5, 5.41) is 12.2. The van der Waals surface area contributed by atoms with Crippen molar-refractivity contribution in [3.05, 3.63) is 48.4 Å². The molecule has 0 radical (unpaired) electrons. The zero-order valence-corrected chi connectivity index (χ0v) is 11.0. The summed E-state index contributed by atoms with van der Waals surface area (Å²) in [6.45, 7) is 2.89. The van der Waals surface area contributed by atoms with Gasteiger partial charge >= 0.3 is 0 Å². The summed E-state index contributed by atoms with van der Waals surface area (Å²) in [6.07, 6.45) is 10.8. The maximum absolute atomic E-state index is 5.56. The molecule has 0 aromatic carbocycles. The van der Waals surface area contributed by atoms with Gasteiger partial charge in [-0.1, -0.05) is 0 Å². The van der Waals surface area contributed by atoms with Crippen LogP contribution in [-0.2, 0) is 6.54 Å². The quantitative estimate of drug-likeness (QED) is 0.726. The highest BCUT2D eigenvalue weighted by atomic mass is 16.4. The Morgan fingerprint density at radius 3 is 2.80 bits per heavy atom. The van der Waals surface area contributed by atoms with Crippen molar-refractivity contribution < 1.29 is 4.42 Å². The molecule has 0 saturated heterocycles. The highest BCUT2D eigenvalue weighted by Crippen LogP contribution is 2.17. The van der Waals surface area contributed by atoms with Crippen LogP contribution in [0.4, 0.5) is 0 Å². The summed E-state index contributed by atoms with van der Waals surface area (Å²) in [6, 6.07) is 3.65. The van der Waals surface area contributed by atoms with Gasteiger partial charge in [0.1, 0.15) is 0 Å². The Labute approximate surface area is 115 Å². The smallest absolute Gasteiger partial charge is 0.248 e. The molecule has 0 bridgehead atoms. The number of pyridine rings is 1. The number of rotatable bonds is 4. The van der Waals surface area contributed by atoms with Crippen LogP contribution >= 0.6 is 0 Å². The molecule has 3 aromatic rings. The predicted octanol–water partition coefficient (Wildman–Crippen LogP) is 2.52. The first-order valence-electron chi connectivity index (χ1n) is 6.29. The van der Waals surface area contributed by atoms with Gasteiger partial charge in [0.05, 0.1) is 6.20 Å². The van der Waals surface area contributed by atoms with Crippen LogP contribution in [0.1, 0.15) is 18.4 Å². The molecule has 20 heavy (non-hydrogen) atoms. The van der Waals surface area contributed by atoms with Crippen LogP contribution in [-0.4, -0.2) is 25.0 Å². The molecule has 0 atom stereocenters. The minimum absolute atomic E-state index is 0.459. The lowest BCUT2D eigenvalue weighted by atomic mass is 10.3. The third kappa shape index (κ3) is 2.64. The largest absolute Gasteiger partial charge is 0.417 e. The highest BCUT2D eigenvalue weighted by Gasteiger charge is 2.05. The lowest BCUT2D eigenvalue weighted by Gasteiger charge is -1.90. The summed E-state index contributed by atoms with van der Waals surface area (Å²) in [7, 11) is 0. The van der Waals surface area contributed by atoms with Gasteiger partial charge in [-0.3, -0.25) is 9.67 Å². The van der Waals surface area contributed by atoms with Gasteiger partial charge in [0.15, 0.2) is 0 Å². The number of aromatic nitrogens is 5. The van der Waals surface area contributed by atoms with Crippen LogP contribution in [0.3, 0.4) is 0 Å². The normalized spacial score (nSPS) is 11.2. The molecule has 3 aromatic heterocycles. The fraction of sp³-hybridized carbons (Fsp3) is 0.143. The predicted molar refractivity (Wildman–Crippen MR) is 74.4 cm³/mol. The monoisotopic (exact) mass is 267 g/mol. The minimum atomic E-state index is 0.459. The Hall–Kier alpha value is -2.76. The maximum Gasteiger partial charge on any atom is 0.248 e. The van der Waals surface area contributed by atoms with E-state index in [0.717, 1.165) is 17.7 Å². The second-order valence-corrected chi connectivity index (χ2v) is 4.14. The zero-order chi connectivity index (χ0) is 13.8. The van der Waals surface area contributed by atoms with Crippen molar-refractivity contribution in [1.29, 1.82) is 0 Å². The minimum Gasteiger partial charge on any atom is -0.417 e. The summed E-state index contributed by atoms with van der Waals surface area (Å²) in [4.78, 5) is 3.95. The van der Waals surface area contributed by atoms with Crippen molar-refractivity contribution in [2.24, 2.45) is 0 Å². The van der Waals surface area contributed by atoms with Crippen molar-refractivity contribution in [3.8, 4) is 11.5 Å². The Kier molecular flexibility index (Phi) is 3.36. The Morgan fingerprint density at radius 1 is 1.20 bits per heavy atom. The second kappa shape index (κ2) is 5.48. The van der Waals surface area contributed by atoms with Crippen LogP contribution in [0.25, 0.3) is 23.6 Å². The number of hydrogen-bond donors (Lipinski definition) is 0. The van der Waals surface area contributed by atoms with E-state index in [9.17, 15) is 0 Å². The van der Waals surface area contributed by atoms with Crippen molar-refractivity contribution in [2.45, 2.75) is 13.5 Å². The van der Waals surface area contributed by atoms with E-state index >= 15 is 0 Å². The van der Waals surface area contributed by atoms with Crippen molar-refractivity contribution in [2.75, 3.05) is 0 Å². The first kappa shape index (κ1) is 12.3. The van der Waals surface area contributed by atoms with Crippen LogP contribution in [0.2, 0.25) is 0 Å². The molecule has 6 nitrogen and oxygen atoms in total. The Bertz CT molecular complexity index is 714. The van der Waals surface area contributed by atoms with E-state index in [1.54, 1.807) is 24.7 Å². The standard InChI is InChI=1S/C14H13N5O/c1-2-19-10-11(9-16-19)3-4-13-17-18-14(20-13)12-5-7-15-8-6-12/h3-10H,2H2,1H3/b4-3+. The average molecular weight is 267 g/mol. The van der Waals surface area contributed by atoms with E-state index in [-0.39, 0.29) is 0 Å². The summed E-state index contributed by atoms with van der Waals surface area (Å²) in [5.74, 6) is 0.942. The van der Waals surface area contributed by atoms with Crippen LogP contribution in [0.15, 0.2) is 41.3 Å². The molecule has 3 rings (SSSR count). The summed E-state index contributed by atoms with van der Waals surface area (Å²) >= 11 is 0. The van der Waals surface area contributed by atoms with E-state index in [2.05, 4.69) is 20.3 Å². The number of aryl methyl sites for hydroxylation is 1. The van der Waals surface area contributed by atoms with Crippen LogP contribution in [0, 0.1) is 0 Å². The van der Waals surface area contributed by atoms with Gasteiger partial charge in [0, 0.05) is 42.3 Å². The zero-order valence-electron chi connectivity index (χ0n) is 11.0. The van der Waals surface area contributed by atoms with Crippen molar-refractivity contribution in [1.82, 2.24) is 25.0 Å². The number of hydrogen-bond acceptors (Lipinski definition) is 5. The topological polar surface area (TPSA) is 69.6 Å². The van der Waals surface area contributed by atoms with E-state index in [1.165, 1.54) is 0 Å². The lowest BCUT2D eigenvalue weighted by Crippen LogP contribution is -1.91. The molecule has 6 heteroatoms. The fourth-order valence-corrected chi connectivity index (χ4v) is 1.72. The van der Waals surface area contributed by atoms with E-state index < -0.39 is 0 Å². The first-order valence-corrected chi connectivity index (χ1v) is 6.29. The van der Waals surface area contributed by atoms with Gasteiger partial charge in [0.2, 0.25) is 11.8 Å². The van der Waals surface area contributed by atoms with Crippen molar-refractivity contribution in [3.63, 3.8) is 0 Å². The molecular formula is C14H13N5O. The summed E-state index contributed by atoms with van der Waals surface area (Å²) in [5.41, 5.74) is 1.85. The molecule has 0 unspecified atom stereocenters. The first-order chi connectivity index (χ1) is 9.85. The SMILES string of the molecule is CCn1cc(/C=C/c2nnc(-c3ccncc3)o2)cn1. The van der Waals surface area contributed by atoms with E-state index in [4.69, 9.17) is 4.42 Å². The molecule has 0 aliphatic carbocycles. The molecule has 0 N–H and O–H groups in total. The molecule has 3 heterocycles. The van der Waals surface area contributed by atoms with Gasteiger partial charge in [-0.25, -0.2) is 0 Å². The molecule has 100 valence electrons. The van der Waals surface area contributed by atoms with E-state index in [0.29, 0.717) is 11.8 Å². The van der Waals surface area contributed by atoms with Crippen LogP contribution < -0.4 is 0 Å². The second-order valence-electron chi connectivity index (χ2n) is 4.14. The van der Waals surface area contributed by atoms with Gasteiger partial charge < -0.3 is 4.42 Å². The van der Waals surface area contributed by atoms with Gasteiger partial charge in [0.25, 0.3) is 0 Å². The fourth-order valence-electron chi connectivity index (χ4n) is 1.72. The van der Waals surface area contributed by atoms with Gasteiger partial charge in [-0.2, -0.15) is 5.10 Å². The molecule has 0 aliphatic rings. The maximum atomic E-state index is 5.56. The molecule has 0 fully saturated rings. The molecule has 0 aliphatic heterocycles. The third-order valence-electron chi connectivity index (χ3n) is 2.76. The average Bonchev–Trinajstić information content (AvgIpc) is 3.15. The Morgan fingerprint density at radius 2 is 2.05 bits per heavy atom. The molecule has 0 amide bonds. The van der Waals surface area contributed by atoms with E-state index in [1.807, 2.05) is 36.0 Å². The Balaban J connectivity index is 1.77. The van der Waals surface area contributed by atoms with Gasteiger partial charge in [-0.05, 0) is 25.1 Å². The lowest BCUT2D eigenvalue weighted by molar-refractivity contribution is 0.558. The third-order valence-corrected chi connectivity index (χ3v) is 2.76. The highest BCUT2D eigenvalue weighted by molar-refractivity contribution is 5.65. The van der Waals surface area contributed by atoms with Gasteiger partial charge in [-0.15, -0.1) is 10.2 Å². The molecular weight excluding hydrogens is 254 g/mol. The molecule has 0 saturated carbocycles.